The molecule has 2 aromatic rings. The van der Waals surface area contributed by atoms with Crippen molar-refractivity contribution in [3.63, 3.8) is 0 Å². The summed E-state index contributed by atoms with van der Waals surface area (Å²) in [5.41, 5.74) is 2.24. The predicted molar refractivity (Wildman–Crippen MR) is 100 cm³/mol. The monoisotopic (exact) mass is 338 g/mol. The van der Waals surface area contributed by atoms with Gasteiger partial charge in [0.05, 0.1) is 12.3 Å². The molecule has 0 radical (unpaired) electrons. The van der Waals surface area contributed by atoms with E-state index in [4.69, 9.17) is 4.42 Å². The lowest BCUT2D eigenvalue weighted by atomic mass is 10.1. The van der Waals surface area contributed by atoms with E-state index in [1.165, 1.54) is 24.8 Å². The molecule has 4 heteroatoms. The van der Waals surface area contributed by atoms with Crippen LogP contribution < -0.4 is 5.32 Å². The number of piperidine rings is 1. The third-order valence-electron chi connectivity index (χ3n) is 4.68. The van der Waals surface area contributed by atoms with Crippen LogP contribution in [0.15, 0.2) is 53.2 Å². The fourth-order valence-corrected chi connectivity index (χ4v) is 3.23. The number of furan rings is 1. The summed E-state index contributed by atoms with van der Waals surface area (Å²) in [6.07, 6.45) is 8.84. The van der Waals surface area contributed by atoms with Crippen LogP contribution in [-0.2, 0) is 4.79 Å². The third kappa shape index (κ3) is 5.07. The van der Waals surface area contributed by atoms with Gasteiger partial charge in [0.15, 0.2) is 0 Å². The molecule has 1 unspecified atom stereocenters. The molecular formula is C21H26N2O2. The van der Waals surface area contributed by atoms with Gasteiger partial charge in [0.2, 0.25) is 5.91 Å². The average molecular weight is 338 g/mol. The molecule has 1 aromatic heterocycles. The highest BCUT2D eigenvalue weighted by molar-refractivity contribution is 5.91. The maximum Gasteiger partial charge on any atom is 0.244 e. The Balaban J connectivity index is 1.58. The Morgan fingerprint density at radius 2 is 1.96 bits per heavy atom. The minimum atomic E-state index is -0.0749. The van der Waals surface area contributed by atoms with Crippen LogP contribution >= 0.6 is 0 Å². The molecule has 132 valence electrons. The lowest BCUT2D eigenvalue weighted by Gasteiger charge is -2.33. The summed E-state index contributed by atoms with van der Waals surface area (Å²) in [4.78, 5) is 14.6. The van der Waals surface area contributed by atoms with Crippen LogP contribution in [0.1, 0.15) is 42.2 Å². The fourth-order valence-electron chi connectivity index (χ4n) is 3.23. The van der Waals surface area contributed by atoms with E-state index >= 15 is 0 Å². The van der Waals surface area contributed by atoms with Gasteiger partial charge in [-0.3, -0.25) is 9.69 Å². The van der Waals surface area contributed by atoms with Crippen molar-refractivity contribution >= 4 is 12.0 Å². The van der Waals surface area contributed by atoms with Gasteiger partial charge >= 0.3 is 0 Å². The molecule has 3 rings (SSSR count). The highest BCUT2D eigenvalue weighted by atomic mass is 16.3. The van der Waals surface area contributed by atoms with Crippen molar-refractivity contribution in [2.24, 2.45) is 0 Å². The molecule has 0 spiro atoms. The van der Waals surface area contributed by atoms with E-state index in [0.29, 0.717) is 6.54 Å². The van der Waals surface area contributed by atoms with Crippen molar-refractivity contribution in [1.82, 2.24) is 10.2 Å². The number of carbonyl (C=O) groups is 1. The number of nitrogens with one attached hydrogen (secondary N) is 1. The zero-order chi connectivity index (χ0) is 17.5. The minimum absolute atomic E-state index is 0.0749. The Hall–Kier alpha value is -2.33. The molecular weight excluding hydrogens is 312 g/mol. The Morgan fingerprint density at radius 1 is 1.20 bits per heavy atom. The summed E-state index contributed by atoms with van der Waals surface area (Å²) < 4.78 is 5.61. The molecule has 1 saturated heterocycles. The molecule has 0 saturated carbocycles. The second kappa shape index (κ2) is 8.67. The summed E-state index contributed by atoms with van der Waals surface area (Å²) in [6.45, 7) is 4.72. The Labute approximate surface area is 149 Å². The smallest absolute Gasteiger partial charge is 0.244 e. The number of amides is 1. The largest absolute Gasteiger partial charge is 0.468 e. The molecule has 1 aromatic carbocycles. The number of rotatable bonds is 6. The molecule has 1 atom stereocenters. The fraction of sp³-hybridized carbons (Fsp3) is 0.381. The molecule has 4 nitrogen and oxygen atoms in total. The molecule has 1 aliphatic rings. The van der Waals surface area contributed by atoms with Crippen molar-refractivity contribution in [3.8, 4) is 0 Å². The molecule has 0 aliphatic carbocycles. The van der Waals surface area contributed by atoms with Gasteiger partial charge in [-0.2, -0.15) is 0 Å². The zero-order valence-corrected chi connectivity index (χ0v) is 14.8. The van der Waals surface area contributed by atoms with E-state index in [0.717, 1.165) is 24.4 Å². The highest BCUT2D eigenvalue weighted by Crippen LogP contribution is 2.24. The maximum atomic E-state index is 12.2. The van der Waals surface area contributed by atoms with E-state index in [1.807, 2.05) is 42.5 Å². The van der Waals surface area contributed by atoms with Gasteiger partial charge in [-0.1, -0.05) is 36.2 Å². The molecule has 0 bridgehead atoms. The van der Waals surface area contributed by atoms with Crippen molar-refractivity contribution in [3.05, 3.63) is 65.6 Å². The maximum absolute atomic E-state index is 12.2. The van der Waals surface area contributed by atoms with Gasteiger partial charge < -0.3 is 9.73 Å². The molecule has 1 amide bonds. The van der Waals surface area contributed by atoms with Gasteiger partial charge in [-0.05, 0) is 56.6 Å². The summed E-state index contributed by atoms with van der Waals surface area (Å²) in [7, 11) is 0. The Kier molecular flexibility index (Phi) is 6.07. The zero-order valence-electron chi connectivity index (χ0n) is 14.8. The number of benzene rings is 1. The second-order valence-corrected chi connectivity index (χ2v) is 6.62. The SMILES string of the molecule is Cc1ccc(/C=C/C(=O)NCC(c2ccco2)N2CCCCC2)cc1. The first-order chi connectivity index (χ1) is 12.2. The van der Waals surface area contributed by atoms with Crippen LogP contribution in [0.25, 0.3) is 6.08 Å². The van der Waals surface area contributed by atoms with E-state index in [2.05, 4.69) is 17.1 Å². The summed E-state index contributed by atoms with van der Waals surface area (Å²) in [6, 6.07) is 12.1. The summed E-state index contributed by atoms with van der Waals surface area (Å²) in [5, 5.41) is 3.02. The van der Waals surface area contributed by atoms with Crippen LogP contribution in [-0.4, -0.2) is 30.4 Å². The first-order valence-corrected chi connectivity index (χ1v) is 9.02. The van der Waals surface area contributed by atoms with Gasteiger partial charge in [-0.25, -0.2) is 0 Å². The third-order valence-corrected chi connectivity index (χ3v) is 4.68. The Morgan fingerprint density at radius 3 is 2.64 bits per heavy atom. The predicted octanol–water partition coefficient (Wildman–Crippen LogP) is 3.94. The number of hydrogen-bond acceptors (Lipinski definition) is 3. The van der Waals surface area contributed by atoms with Crippen LogP contribution in [0, 0.1) is 6.92 Å². The van der Waals surface area contributed by atoms with E-state index < -0.39 is 0 Å². The molecule has 1 N–H and O–H groups in total. The van der Waals surface area contributed by atoms with E-state index in [-0.39, 0.29) is 11.9 Å². The average Bonchev–Trinajstić information content (AvgIpc) is 3.17. The van der Waals surface area contributed by atoms with E-state index in [9.17, 15) is 4.79 Å². The van der Waals surface area contributed by atoms with E-state index in [1.54, 1.807) is 12.3 Å². The van der Waals surface area contributed by atoms with Crippen molar-refractivity contribution < 1.29 is 9.21 Å². The van der Waals surface area contributed by atoms with Crippen molar-refractivity contribution in [2.45, 2.75) is 32.2 Å². The van der Waals surface area contributed by atoms with Crippen LogP contribution in [0.4, 0.5) is 0 Å². The number of nitrogens with zero attached hydrogens (tertiary/aromatic N) is 1. The second-order valence-electron chi connectivity index (χ2n) is 6.62. The molecule has 1 fully saturated rings. The summed E-state index contributed by atoms with van der Waals surface area (Å²) in [5.74, 6) is 0.846. The first-order valence-electron chi connectivity index (χ1n) is 9.02. The van der Waals surface area contributed by atoms with Gasteiger partial charge in [-0.15, -0.1) is 0 Å². The minimum Gasteiger partial charge on any atom is -0.468 e. The molecule has 25 heavy (non-hydrogen) atoms. The van der Waals surface area contributed by atoms with Crippen LogP contribution in [0.5, 0.6) is 0 Å². The highest BCUT2D eigenvalue weighted by Gasteiger charge is 2.24. The Bertz CT molecular complexity index is 683. The van der Waals surface area contributed by atoms with Crippen LogP contribution in [0.3, 0.4) is 0 Å². The first kappa shape index (κ1) is 17.5. The number of likely N-dealkylation sites (tertiary alicyclic amines) is 1. The standard InChI is InChI=1S/C21H26N2O2/c1-17-7-9-18(10-8-17)11-12-21(24)22-16-19(20-6-5-15-25-20)23-13-3-2-4-14-23/h5-12,15,19H,2-4,13-14,16H2,1H3,(H,22,24)/b12-11+. The quantitative estimate of drug-likeness (QED) is 0.811. The molecule has 2 heterocycles. The van der Waals surface area contributed by atoms with Crippen molar-refractivity contribution in [2.75, 3.05) is 19.6 Å². The van der Waals surface area contributed by atoms with Gasteiger partial charge in [0, 0.05) is 12.6 Å². The number of hydrogen-bond donors (Lipinski definition) is 1. The lowest BCUT2D eigenvalue weighted by molar-refractivity contribution is -0.116. The number of carbonyl (C=O) groups excluding carboxylic acids is 1. The molecule has 1 aliphatic heterocycles. The van der Waals surface area contributed by atoms with Gasteiger partial charge in [0.1, 0.15) is 5.76 Å². The lowest BCUT2D eigenvalue weighted by Crippen LogP contribution is -2.40. The van der Waals surface area contributed by atoms with Crippen molar-refractivity contribution in [1.29, 1.82) is 0 Å². The van der Waals surface area contributed by atoms with Gasteiger partial charge in [0.25, 0.3) is 0 Å². The normalized spacial score (nSPS) is 16.8. The number of aryl methyl sites for hydroxylation is 1. The van der Waals surface area contributed by atoms with Crippen LogP contribution in [0.2, 0.25) is 0 Å². The summed E-state index contributed by atoms with van der Waals surface area (Å²) >= 11 is 0. The topological polar surface area (TPSA) is 45.5 Å².